The maximum absolute atomic E-state index is 15.4. The fourth-order valence-electron chi connectivity index (χ4n) is 4.60. The van der Waals surface area contributed by atoms with Gasteiger partial charge >= 0.3 is 25.4 Å². The summed E-state index contributed by atoms with van der Waals surface area (Å²) in [6.07, 6.45) is -2.47. The fourth-order valence-corrected chi connectivity index (χ4v) is 6.10. The number of hydrogen-bond acceptors (Lipinski definition) is 11. The third-order valence-corrected chi connectivity index (χ3v) is 9.00. The van der Waals surface area contributed by atoms with Crippen LogP contribution >= 0.6 is 7.75 Å². The van der Waals surface area contributed by atoms with Crippen LogP contribution < -0.4 is 21.0 Å². The lowest BCUT2D eigenvalue weighted by Gasteiger charge is -2.26. The van der Waals surface area contributed by atoms with Crippen LogP contribution in [-0.2, 0) is 39.5 Å². The first kappa shape index (κ1) is 36.7. The SMILES string of the molecule is CC(C)CCOC(=O)C[C@H](NP(=O)(OC[C@H]1O[C@@H](n2ccc(N)nc2=O)C(F)(F)C1C)Oc1ccccc1)C(=O)OCc1ccccc1. The Labute approximate surface area is 276 Å². The molecule has 0 amide bonds. The average Bonchev–Trinajstić information content (AvgIpc) is 3.26. The van der Waals surface area contributed by atoms with E-state index in [1.165, 1.54) is 25.1 Å². The van der Waals surface area contributed by atoms with Crippen LogP contribution in [0.5, 0.6) is 5.75 Å². The van der Waals surface area contributed by atoms with Crippen LogP contribution in [0.25, 0.3) is 0 Å². The van der Waals surface area contributed by atoms with E-state index in [1.807, 2.05) is 13.8 Å². The van der Waals surface area contributed by atoms with Gasteiger partial charge in [-0.2, -0.15) is 10.1 Å². The number of nitrogen functional groups attached to an aromatic ring is 1. The number of benzene rings is 2. The topological polar surface area (TPSA) is 170 Å². The number of nitrogens with zero attached hydrogens (tertiary/aromatic N) is 2. The summed E-state index contributed by atoms with van der Waals surface area (Å²) in [6, 6.07) is 16.1. The number of aromatic nitrogens is 2. The van der Waals surface area contributed by atoms with Gasteiger partial charge in [-0.05, 0) is 36.1 Å². The standard InChI is InChI=1S/C32H39F2N4O9P/c1-21(2)15-17-43-28(39)18-25(29(40)44-19-23-10-6-4-7-11-23)37-48(42,47-24-12-8-5-9-13-24)45-20-26-22(3)32(33,34)30(46-26)38-16-14-27(35)36-31(38)41/h4-14,16,21-22,25-26,30H,15,17-20H2,1-3H3,(H,37,42)(H2,35,36,41)/t22?,25-,26+,30+,48?/m0/s1. The number of alkyl halides is 2. The molecule has 3 aromatic rings. The summed E-state index contributed by atoms with van der Waals surface area (Å²) >= 11 is 0. The van der Waals surface area contributed by atoms with Crippen molar-refractivity contribution in [3.8, 4) is 5.75 Å². The molecule has 1 fully saturated rings. The van der Waals surface area contributed by atoms with E-state index in [4.69, 9.17) is 29.0 Å². The number of esters is 2. The zero-order valence-corrected chi connectivity index (χ0v) is 27.6. The number of ether oxygens (including phenoxy) is 3. The van der Waals surface area contributed by atoms with Crippen LogP contribution in [0.2, 0.25) is 0 Å². The highest BCUT2D eigenvalue weighted by Gasteiger charge is 2.58. The van der Waals surface area contributed by atoms with Crippen molar-refractivity contribution >= 4 is 25.5 Å². The smallest absolute Gasteiger partial charge is 0.459 e. The van der Waals surface area contributed by atoms with Gasteiger partial charge in [-0.3, -0.25) is 18.7 Å². The summed E-state index contributed by atoms with van der Waals surface area (Å²) in [5, 5.41) is 2.48. The van der Waals surface area contributed by atoms with Gasteiger partial charge in [0.25, 0.3) is 5.92 Å². The average molecular weight is 693 g/mol. The first-order valence-electron chi connectivity index (χ1n) is 15.3. The van der Waals surface area contributed by atoms with E-state index >= 15 is 8.78 Å². The molecule has 2 aromatic carbocycles. The monoisotopic (exact) mass is 692 g/mol. The van der Waals surface area contributed by atoms with Gasteiger partial charge in [0.05, 0.1) is 31.7 Å². The van der Waals surface area contributed by atoms with Gasteiger partial charge in [0.2, 0.25) is 6.23 Å². The van der Waals surface area contributed by atoms with Gasteiger partial charge in [0, 0.05) is 6.20 Å². The third kappa shape index (κ3) is 9.92. The number of carbonyl (C=O) groups is 2. The molecule has 0 spiro atoms. The largest absolute Gasteiger partial charge is 0.466 e. The molecule has 1 aliphatic heterocycles. The van der Waals surface area contributed by atoms with Crippen molar-refractivity contribution in [1.82, 2.24) is 14.6 Å². The van der Waals surface area contributed by atoms with Crippen molar-refractivity contribution in [3.05, 3.63) is 89.0 Å². The Bertz CT molecular complexity index is 1630. The van der Waals surface area contributed by atoms with E-state index in [-0.39, 0.29) is 30.7 Å². The molecule has 260 valence electrons. The number of nitrogens with one attached hydrogen (secondary N) is 1. The van der Waals surface area contributed by atoms with Crippen LogP contribution in [0.1, 0.15) is 45.4 Å². The summed E-state index contributed by atoms with van der Waals surface area (Å²) in [5.74, 6) is -6.74. The number of halogens is 2. The van der Waals surface area contributed by atoms with E-state index < -0.39 is 68.6 Å². The van der Waals surface area contributed by atoms with Crippen molar-refractivity contribution in [2.24, 2.45) is 11.8 Å². The molecular weight excluding hydrogens is 653 g/mol. The number of carbonyl (C=O) groups excluding carboxylic acids is 2. The highest BCUT2D eigenvalue weighted by Crippen LogP contribution is 2.50. The Balaban J connectivity index is 1.56. The second-order valence-corrected chi connectivity index (χ2v) is 13.3. The van der Waals surface area contributed by atoms with Gasteiger partial charge in [0.15, 0.2) is 0 Å². The lowest BCUT2D eigenvalue weighted by molar-refractivity contribution is -0.153. The Hall–Kier alpha value is -4.17. The molecule has 48 heavy (non-hydrogen) atoms. The highest BCUT2D eigenvalue weighted by molar-refractivity contribution is 7.52. The number of rotatable bonds is 16. The molecule has 1 aliphatic rings. The van der Waals surface area contributed by atoms with Crippen LogP contribution in [0.3, 0.4) is 0 Å². The number of para-hydroxylation sites is 1. The molecule has 13 nitrogen and oxygen atoms in total. The summed E-state index contributed by atoms with van der Waals surface area (Å²) in [5.41, 5.74) is 5.10. The molecule has 5 atom stereocenters. The first-order chi connectivity index (χ1) is 22.8. The Kier molecular flexibility index (Phi) is 12.4. The number of nitrogens with two attached hydrogens (primary N) is 1. The summed E-state index contributed by atoms with van der Waals surface area (Å²) < 4.78 is 73.2. The zero-order chi connectivity index (χ0) is 34.9. The molecule has 2 unspecified atom stereocenters. The van der Waals surface area contributed by atoms with E-state index in [2.05, 4.69) is 10.1 Å². The molecule has 3 N–H and O–H groups in total. The highest BCUT2D eigenvalue weighted by atomic mass is 31.2. The van der Waals surface area contributed by atoms with E-state index in [0.717, 1.165) is 6.20 Å². The van der Waals surface area contributed by atoms with Crippen LogP contribution in [0, 0.1) is 11.8 Å². The first-order valence-corrected chi connectivity index (χ1v) is 16.8. The van der Waals surface area contributed by atoms with Crippen molar-refractivity contribution in [2.75, 3.05) is 18.9 Å². The minimum Gasteiger partial charge on any atom is -0.466 e. The van der Waals surface area contributed by atoms with E-state index in [0.29, 0.717) is 16.6 Å². The minimum absolute atomic E-state index is 0.0485. The van der Waals surface area contributed by atoms with Crippen LogP contribution in [0.4, 0.5) is 14.6 Å². The van der Waals surface area contributed by atoms with Crippen molar-refractivity contribution in [2.45, 2.75) is 64.5 Å². The number of hydrogen-bond donors (Lipinski definition) is 2. The van der Waals surface area contributed by atoms with E-state index in [1.54, 1.807) is 48.5 Å². The Morgan fingerprint density at radius 3 is 2.40 bits per heavy atom. The molecule has 2 heterocycles. The van der Waals surface area contributed by atoms with Crippen molar-refractivity contribution in [1.29, 1.82) is 0 Å². The molecule has 16 heteroatoms. The number of anilines is 1. The second kappa shape index (κ2) is 16.3. The molecule has 4 rings (SSSR count). The molecule has 0 aliphatic carbocycles. The molecular formula is C32H39F2N4O9P. The molecule has 0 radical (unpaired) electrons. The van der Waals surface area contributed by atoms with Crippen molar-refractivity contribution in [3.63, 3.8) is 0 Å². The normalized spacial score (nSPS) is 20.5. The van der Waals surface area contributed by atoms with Gasteiger partial charge < -0.3 is 24.5 Å². The Morgan fingerprint density at radius 2 is 1.75 bits per heavy atom. The summed E-state index contributed by atoms with van der Waals surface area (Å²) in [6.45, 7) is 4.28. The lowest BCUT2D eigenvalue weighted by atomic mass is 10.00. The van der Waals surface area contributed by atoms with Gasteiger partial charge in [-0.15, -0.1) is 0 Å². The summed E-state index contributed by atoms with van der Waals surface area (Å²) in [7, 11) is -4.65. The quantitative estimate of drug-likeness (QED) is 0.154. The predicted molar refractivity (Wildman–Crippen MR) is 170 cm³/mol. The van der Waals surface area contributed by atoms with Gasteiger partial charge in [-0.25, -0.2) is 18.1 Å². The van der Waals surface area contributed by atoms with Gasteiger partial charge in [-0.1, -0.05) is 69.3 Å². The minimum atomic E-state index is -4.65. The predicted octanol–water partition coefficient (Wildman–Crippen LogP) is 4.88. The maximum Gasteiger partial charge on any atom is 0.459 e. The van der Waals surface area contributed by atoms with E-state index in [9.17, 15) is 18.9 Å². The third-order valence-electron chi connectivity index (χ3n) is 7.43. The van der Waals surface area contributed by atoms with Crippen LogP contribution in [-0.4, -0.2) is 52.8 Å². The maximum atomic E-state index is 15.4. The second-order valence-electron chi connectivity index (χ2n) is 11.6. The zero-order valence-electron chi connectivity index (χ0n) is 26.7. The van der Waals surface area contributed by atoms with Crippen LogP contribution in [0.15, 0.2) is 77.7 Å². The lowest BCUT2D eigenvalue weighted by Crippen LogP contribution is -2.40. The molecule has 1 saturated heterocycles. The fraction of sp³-hybridized carbons (Fsp3) is 0.438. The molecule has 0 bridgehead atoms. The Morgan fingerprint density at radius 1 is 1.08 bits per heavy atom. The van der Waals surface area contributed by atoms with Crippen molar-refractivity contribution < 1.29 is 46.2 Å². The summed E-state index contributed by atoms with van der Waals surface area (Å²) in [4.78, 5) is 41.9. The van der Waals surface area contributed by atoms with Gasteiger partial charge in [0.1, 0.15) is 24.2 Å². The molecule has 0 saturated carbocycles. The molecule has 1 aromatic heterocycles.